The highest BCUT2D eigenvalue weighted by Gasteiger charge is 2.05. The number of hydrogen-bond donors (Lipinski definition) is 2. The van der Waals surface area contributed by atoms with Gasteiger partial charge in [0, 0.05) is 12.1 Å². The van der Waals surface area contributed by atoms with Gasteiger partial charge in [-0.25, -0.2) is 4.39 Å². The molecule has 18 heavy (non-hydrogen) atoms. The molecule has 0 aliphatic heterocycles. The summed E-state index contributed by atoms with van der Waals surface area (Å²) in [6, 6.07) is 4.39. The van der Waals surface area contributed by atoms with Gasteiger partial charge in [0.2, 0.25) is 5.91 Å². The second-order valence-electron chi connectivity index (χ2n) is 4.46. The highest BCUT2D eigenvalue weighted by Crippen LogP contribution is 2.16. The zero-order valence-corrected chi connectivity index (χ0v) is 10.8. The summed E-state index contributed by atoms with van der Waals surface area (Å²) < 4.78 is 13.0. The number of unbranched alkanes of at least 4 members (excludes halogenated alkanes) is 3. The smallest absolute Gasteiger partial charge is 0.224 e. The molecule has 0 fully saturated rings. The number of hydrogen-bond acceptors (Lipinski definition) is 2. The van der Waals surface area contributed by atoms with Crippen LogP contribution in [0.1, 0.15) is 37.7 Å². The number of carbonyl (C=O) groups excluding carboxylic acids is 1. The Balaban J connectivity index is 2.33. The Hall–Kier alpha value is -1.42. The summed E-state index contributed by atoms with van der Waals surface area (Å²) in [7, 11) is 0. The molecule has 3 nitrogen and oxygen atoms in total. The minimum absolute atomic E-state index is 0.0588. The molecule has 3 N–H and O–H groups in total. The van der Waals surface area contributed by atoms with Gasteiger partial charge in [-0.15, -0.1) is 0 Å². The molecule has 0 heterocycles. The van der Waals surface area contributed by atoms with E-state index < -0.39 is 0 Å². The molecular formula is C14H21FN2O. The average Bonchev–Trinajstić information content (AvgIpc) is 2.33. The number of amides is 1. The van der Waals surface area contributed by atoms with Crippen LogP contribution in [-0.4, -0.2) is 12.5 Å². The summed E-state index contributed by atoms with van der Waals surface area (Å²) in [5.41, 5.74) is 6.81. The van der Waals surface area contributed by atoms with Crippen molar-refractivity contribution in [2.24, 2.45) is 5.73 Å². The highest BCUT2D eigenvalue weighted by molar-refractivity contribution is 5.91. The third-order valence-corrected chi connectivity index (χ3v) is 2.83. The van der Waals surface area contributed by atoms with Gasteiger partial charge < -0.3 is 11.1 Å². The van der Waals surface area contributed by atoms with Gasteiger partial charge in [0.15, 0.2) is 0 Å². The molecule has 1 rings (SSSR count). The first kappa shape index (κ1) is 14.6. The Labute approximate surface area is 108 Å². The lowest BCUT2D eigenvalue weighted by molar-refractivity contribution is -0.116. The fourth-order valence-corrected chi connectivity index (χ4v) is 1.73. The number of carbonyl (C=O) groups is 1. The molecule has 100 valence electrons. The molecule has 0 unspecified atom stereocenters. The first-order valence-corrected chi connectivity index (χ1v) is 6.39. The van der Waals surface area contributed by atoms with Crippen molar-refractivity contribution in [2.45, 2.75) is 39.0 Å². The standard InChI is InChI=1S/C14H21FN2O/c1-11-7-8-12(15)10-13(11)17-14(18)6-4-2-3-5-9-16/h7-8,10H,2-6,9,16H2,1H3,(H,17,18). The van der Waals surface area contributed by atoms with Gasteiger partial charge in [0.25, 0.3) is 0 Å². The van der Waals surface area contributed by atoms with E-state index >= 15 is 0 Å². The molecule has 0 spiro atoms. The van der Waals surface area contributed by atoms with Crippen molar-refractivity contribution in [3.05, 3.63) is 29.6 Å². The summed E-state index contributed by atoms with van der Waals surface area (Å²) in [5.74, 6) is -0.393. The molecule has 0 atom stereocenters. The maximum atomic E-state index is 13.0. The van der Waals surface area contributed by atoms with E-state index in [2.05, 4.69) is 5.32 Å². The largest absolute Gasteiger partial charge is 0.330 e. The van der Waals surface area contributed by atoms with Crippen LogP contribution in [0.2, 0.25) is 0 Å². The fourth-order valence-electron chi connectivity index (χ4n) is 1.73. The van der Waals surface area contributed by atoms with Crippen molar-refractivity contribution in [3.63, 3.8) is 0 Å². The van der Waals surface area contributed by atoms with Crippen LogP contribution < -0.4 is 11.1 Å². The zero-order valence-electron chi connectivity index (χ0n) is 10.8. The molecule has 0 radical (unpaired) electrons. The Morgan fingerprint density at radius 3 is 2.72 bits per heavy atom. The number of nitrogens with one attached hydrogen (secondary N) is 1. The first-order valence-electron chi connectivity index (χ1n) is 6.39. The molecule has 0 saturated carbocycles. The van der Waals surface area contributed by atoms with E-state index in [1.807, 2.05) is 6.92 Å². The van der Waals surface area contributed by atoms with Crippen LogP contribution in [0.25, 0.3) is 0 Å². The topological polar surface area (TPSA) is 55.1 Å². The maximum absolute atomic E-state index is 13.0. The van der Waals surface area contributed by atoms with E-state index in [4.69, 9.17) is 5.73 Å². The minimum Gasteiger partial charge on any atom is -0.330 e. The number of rotatable bonds is 7. The Morgan fingerprint density at radius 2 is 2.00 bits per heavy atom. The van der Waals surface area contributed by atoms with E-state index in [-0.39, 0.29) is 11.7 Å². The third kappa shape index (κ3) is 5.27. The molecule has 0 aliphatic carbocycles. The van der Waals surface area contributed by atoms with Crippen molar-refractivity contribution < 1.29 is 9.18 Å². The monoisotopic (exact) mass is 252 g/mol. The SMILES string of the molecule is Cc1ccc(F)cc1NC(=O)CCCCCCN. The van der Waals surface area contributed by atoms with Crippen LogP contribution >= 0.6 is 0 Å². The lowest BCUT2D eigenvalue weighted by Crippen LogP contribution is -2.12. The lowest BCUT2D eigenvalue weighted by Gasteiger charge is -2.08. The average molecular weight is 252 g/mol. The predicted molar refractivity (Wildman–Crippen MR) is 71.9 cm³/mol. The second kappa shape index (κ2) is 7.82. The van der Waals surface area contributed by atoms with Crippen LogP contribution in [0, 0.1) is 12.7 Å². The molecule has 0 aromatic heterocycles. The van der Waals surface area contributed by atoms with E-state index in [0.29, 0.717) is 18.7 Å². The molecule has 1 aromatic rings. The summed E-state index contributed by atoms with van der Waals surface area (Å²) in [4.78, 5) is 11.7. The van der Waals surface area contributed by atoms with E-state index in [0.717, 1.165) is 31.2 Å². The van der Waals surface area contributed by atoms with Crippen molar-refractivity contribution in [1.82, 2.24) is 0 Å². The summed E-state index contributed by atoms with van der Waals surface area (Å²) >= 11 is 0. The van der Waals surface area contributed by atoms with Gasteiger partial charge in [-0.3, -0.25) is 4.79 Å². The van der Waals surface area contributed by atoms with Gasteiger partial charge in [-0.1, -0.05) is 18.9 Å². The molecule has 0 saturated heterocycles. The van der Waals surface area contributed by atoms with Gasteiger partial charge in [-0.2, -0.15) is 0 Å². The Bertz CT molecular complexity index is 393. The van der Waals surface area contributed by atoms with Gasteiger partial charge in [0.05, 0.1) is 0 Å². The summed E-state index contributed by atoms with van der Waals surface area (Å²) in [6.07, 6.45) is 4.39. The van der Waals surface area contributed by atoms with Crippen LogP contribution in [-0.2, 0) is 4.79 Å². The van der Waals surface area contributed by atoms with Crippen molar-refractivity contribution in [2.75, 3.05) is 11.9 Å². The quantitative estimate of drug-likeness (QED) is 0.733. The zero-order chi connectivity index (χ0) is 13.4. The lowest BCUT2D eigenvalue weighted by atomic mass is 10.1. The molecule has 0 aliphatic rings. The second-order valence-corrected chi connectivity index (χ2v) is 4.46. The number of anilines is 1. The van der Waals surface area contributed by atoms with Crippen molar-refractivity contribution in [1.29, 1.82) is 0 Å². The fraction of sp³-hybridized carbons (Fsp3) is 0.500. The van der Waals surface area contributed by atoms with E-state index in [9.17, 15) is 9.18 Å². The van der Waals surface area contributed by atoms with Crippen LogP contribution in [0.5, 0.6) is 0 Å². The molecule has 4 heteroatoms. The normalized spacial score (nSPS) is 10.4. The summed E-state index contributed by atoms with van der Waals surface area (Å²) in [5, 5.41) is 2.74. The van der Waals surface area contributed by atoms with Gasteiger partial charge >= 0.3 is 0 Å². The van der Waals surface area contributed by atoms with E-state index in [1.165, 1.54) is 12.1 Å². The van der Waals surface area contributed by atoms with Crippen LogP contribution in [0.15, 0.2) is 18.2 Å². The molecular weight excluding hydrogens is 231 g/mol. The Morgan fingerprint density at radius 1 is 1.28 bits per heavy atom. The molecule has 1 aromatic carbocycles. The third-order valence-electron chi connectivity index (χ3n) is 2.83. The number of aryl methyl sites for hydroxylation is 1. The molecule has 1 amide bonds. The molecule has 0 bridgehead atoms. The summed E-state index contributed by atoms with van der Waals surface area (Å²) in [6.45, 7) is 2.55. The van der Waals surface area contributed by atoms with Crippen molar-refractivity contribution in [3.8, 4) is 0 Å². The van der Waals surface area contributed by atoms with E-state index in [1.54, 1.807) is 6.07 Å². The van der Waals surface area contributed by atoms with Crippen molar-refractivity contribution >= 4 is 11.6 Å². The number of nitrogens with two attached hydrogens (primary N) is 1. The van der Waals surface area contributed by atoms with Crippen LogP contribution in [0.4, 0.5) is 10.1 Å². The highest BCUT2D eigenvalue weighted by atomic mass is 19.1. The van der Waals surface area contributed by atoms with Gasteiger partial charge in [0.1, 0.15) is 5.82 Å². The number of halogens is 1. The van der Waals surface area contributed by atoms with Crippen LogP contribution in [0.3, 0.4) is 0 Å². The first-order chi connectivity index (χ1) is 8.63. The maximum Gasteiger partial charge on any atom is 0.224 e. The predicted octanol–water partition coefficient (Wildman–Crippen LogP) is 2.98. The Kier molecular flexibility index (Phi) is 6.36. The minimum atomic E-state index is -0.334. The van der Waals surface area contributed by atoms with Gasteiger partial charge in [-0.05, 0) is 44.0 Å². The number of benzene rings is 1.